The Morgan fingerprint density at radius 3 is 2.57 bits per heavy atom. The van der Waals surface area contributed by atoms with Gasteiger partial charge in [0.05, 0.1) is 0 Å². The molecule has 1 aromatic carbocycles. The quantitative estimate of drug-likeness (QED) is 0.882. The Morgan fingerprint density at radius 1 is 1.19 bits per heavy atom. The molecule has 1 saturated heterocycles. The van der Waals surface area contributed by atoms with E-state index in [9.17, 15) is 0 Å². The van der Waals surface area contributed by atoms with Gasteiger partial charge in [0.1, 0.15) is 0 Å². The monoisotopic (exact) mass is 286 g/mol. The van der Waals surface area contributed by atoms with Gasteiger partial charge in [0.25, 0.3) is 0 Å². The second-order valence-corrected chi connectivity index (χ2v) is 7.60. The van der Waals surface area contributed by atoms with Crippen molar-refractivity contribution in [2.45, 2.75) is 65.0 Å². The third kappa shape index (κ3) is 2.83. The Bertz CT molecular complexity index is 500. The van der Waals surface area contributed by atoms with Crippen molar-refractivity contribution in [2.75, 3.05) is 18.0 Å². The van der Waals surface area contributed by atoms with Gasteiger partial charge in [0.15, 0.2) is 0 Å². The molecule has 3 rings (SSSR count). The summed E-state index contributed by atoms with van der Waals surface area (Å²) < 4.78 is 0. The number of nitrogens with zero attached hydrogens (tertiary/aromatic N) is 1. The second kappa shape index (κ2) is 5.64. The molecule has 0 aromatic heterocycles. The van der Waals surface area contributed by atoms with Crippen molar-refractivity contribution >= 4 is 5.69 Å². The number of rotatable bonds is 2. The van der Waals surface area contributed by atoms with Crippen LogP contribution in [0.1, 0.15) is 50.7 Å². The van der Waals surface area contributed by atoms with Crippen LogP contribution in [-0.4, -0.2) is 24.7 Å². The zero-order valence-corrected chi connectivity index (χ0v) is 14.1. The molecule has 0 bridgehead atoms. The van der Waals surface area contributed by atoms with E-state index in [0.717, 1.165) is 6.54 Å². The van der Waals surface area contributed by atoms with Crippen LogP contribution in [0.4, 0.5) is 5.69 Å². The molecule has 2 aliphatic rings. The number of piperazine rings is 1. The van der Waals surface area contributed by atoms with E-state index in [4.69, 9.17) is 0 Å². The third-order valence-electron chi connectivity index (χ3n) is 5.56. The highest BCUT2D eigenvalue weighted by Crippen LogP contribution is 2.37. The topological polar surface area (TPSA) is 15.3 Å². The molecule has 1 aromatic rings. The zero-order valence-electron chi connectivity index (χ0n) is 14.1. The lowest BCUT2D eigenvalue weighted by atomic mass is 9.88. The summed E-state index contributed by atoms with van der Waals surface area (Å²) in [7, 11) is 0. The minimum atomic E-state index is 0.377. The first-order valence-corrected chi connectivity index (χ1v) is 8.60. The van der Waals surface area contributed by atoms with Gasteiger partial charge in [-0.05, 0) is 49.8 Å². The minimum absolute atomic E-state index is 0.377. The summed E-state index contributed by atoms with van der Waals surface area (Å²) in [5.41, 5.74) is 4.63. The van der Waals surface area contributed by atoms with Crippen LogP contribution < -0.4 is 10.2 Å². The van der Waals surface area contributed by atoms with Gasteiger partial charge >= 0.3 is 0 Å². The summed E-state index contributed by atoms with van der Waals surface area (Å²) in [6.07, 6.45) is 5.47. The highest BCUT2D eigenvalue weighted by atomic mass is 15.3. The predicted molar refractivity (Wildman–Crippen MR) is 91.1 cm³/mol. The van der Waals surface area contributed by atoms with Gasteiger partial charge in [-0.1, -0.05) is 38.8 Å². The van der Waals surface area contributed by atoms with E-state index in [2.05, 4.69) is 56.1 Å². The molecule has 1 atom stereocenters. The van der Waals surface area contributed by atoms with Crippen molar-refractivity contribution in [3.63, 3.8) is 0 Å². The van der Waals surface area contributed by atoms with Gasteiger partial charge in [-0.3, -0.25) is 0 Å². The first kappa shape index (κ1) is 14.9. The molecule has 1 saturated carbocycles. The maximum atomic E-state index is 3.92. The number of benzene rings is 1. The molecule has 2 nitrogen and oxygen atoms in total. The van der Waals surface area contributed by atoms with E-state index in [-0.39, 0.29) is 0 Å². The van der Waals surface area contributed by atoms with Gasteiger partial charge < -0.3 is 10.2 Å². The Balaban J connectivity index is 1.95. The molecule has 2 fully saturated rings. The van der Waals surface area contributed by atoms with Gasteiger partial charge in [0.2, 0.25) is 0 Å². The van der Waals surface area contributed by atoms with Crippen LogP contribution in [0.2, 0.25) is 0 Å². The van der Waals surface area contributed by atoms with Gasteiger partial charge in [-0.2, -0.15) is 0 Å². The fourth-order valence-corrected chi connectivity index (χ4v) is 4.21. The lowest BCUT2D eigenvalue weighted by Gasteiger charge is -2.49. The highest BCUT2D eigenvalue weighted by Gasteiger charge is 2.42. The van der Waals surface area contributed by atoms with Gasteiger partial charge in [-0.25, -0.2) is 0 Å². The van der Waals surface area contributed by atoms with E-state index in [1.807, 2.05) is 0 Å². The molecule has 21 heavy (non-hydrogen) atoms. The molecule has 1 heterocycles. The van der Waals surface area contributed by atoms with E-state index >= 15 is 0 Å². The first-order chi connectivity index (χ1) is 10.0. The SMILES string of the molecule is Cc1ccc(C)c(N2CC3(CCCC3)NCC2C(C)C)c1. The zero-order chi connectivity index (χ0) is 15.0. The Hall–Kier alpha value is -1.02. The summed E-state index contributed by atoms with van der Waals surface area (Å²) in [4.78, 5) is 2.72. The maximum Gasteiger partial charge on any atom is 0.0438 e. The molecule has 1 unspecified atom stereocenters. The Kier molecular flexibility index (Phi) is 4.00. The molecule has 1 aliphatic carbocycles. The molecule has 0 amide bonds. The van der Waals surface area contributed by atoms with Crippen molar-refractivity contribution < 1.29 is 0 Å². The van der Waals surface area contributed by atoms with Crippen LogP contribution in [0, 0.1) is 19.8 Å². The second-order valence-electron chi connectivity index (χ2n) is 7.60. The van der Waals surface area contributed by atoms with Crippen LogP contribution in [0.25, 0.3) is 0 Å². The summed E-state index contributed by atoms with van der Waals surface area (Å²) in [5.74, 6) is 0.677. The van der Waals surface area contributed by atoms with Gasteiger partial charge in [-0.15, -0.1) is 0 Å². The van der Waals surface area contributed by atoms with Gasteiger partial charge in [0, 0.05) is 30.4 Å². The summed E-state index contributed by atoms with van der Waals surface area (Å²) in [6, 6.07) is 7.51. The lowest BCUT2D eigenvalue weighted by Crippen LogP contribution is -2.64. The fraction of sp³-hybridized carbons (Fsp3) is 0.684. The minimum Gasteiger partial charge on any atom is -0.365 e. The molecule has 0 radical (unpaired) electrons. The van der Waals surface area contributed by atoms with Crippen LogP contribution in [0.3, 0.4) is 0 Å². The summed E-state index contributed by atoms with van der Waals surface area (Å²) in [6.45, 7) is 11.5. The molecule has 1 aliphatic heterocycles. The predicted octanol–water partition coefficient (Wildman–Crippen LogP) is 4.05. The van der Waals surface area contributed by atoms with Crippen molar-refractivity contribution in [1.82, 2.24) is 5.32 Å². The Morgan fingerprint density at radius 2 is 1.90 bits per heavy atom. The van der Waals surface area contributed by atoms with Crippen molar-refractivity contribution in [3.05, 3.63) is 29.3 Å². The number of anilines is 1. The summed E-state index contributed by atoms with van der Waals surface area (Å²) in [5, 5.41) is 3.92. The van der Waals surface area contributed by atoms with Crippen LogP contribution in [-0.2, 0) is 0 Å². The maximum absolute atomic E-state index is 3.92. The molecule has 1 spiro atoms. The molecular formula is C19H30N2. The molecule has 1 N–H and O–H groups in total. The van der Waals surface area contributed by atoms with Crippen molar-refractivity contribution in [3.8, 4) is 0 Å². The highest BCUT2D eigenvalue weighted by molar-refractivity contribution is 5.57. The fourth-order valence-electron chi connectivity index (χ4n) is 4.21. The average molecular weight is 286 g/mol. The third-order valence-corrected chi connectivity index (χ3v) is 5.56. The number of aryl methyl sites for hydroxylation is 2. The van der Waals surface area contributed by atoms with Crippen molar-refractivity contribution in [2.24, 2.45) is 5.92 Å². The number of hydrogen-bond donors (Lipinski definition) is 1. The van der Waals surface area contributed by atoms with E-state index in [1.165, 1.54) is 49.0 Å². The largest absolute Gasteiger partial charge is 0.365 e. The lowest BCUT2D eigenvalue weighted by molar-refractivity contribution is 0.245. The smallest absolute Gasteiger partial charge is 0.0438 e. The number of hydrogen-bond acceptors (Lipinski definition) is 2. The normalized spacial score (nSPS) is 25.0. The molecule has 116 valence electrons. The van der Waals surface area contributed by atoms with E-state index in [0.29, 0.717) is 17.5 Å². The molecule has 2 heteroatoms. The van der Waals surface area contributed by atoms with Crippen LogP contribution in [0.15, 0.2) is 18.2 Å². The standard InChI is InChI=1S/C19H30N2/c1-14(2)18-12-20-19(9-5-6-10-19)13-21(18)17-11-15(3)7-8-16(17)4/h7-8,11,14,18,20H,5-6,9-10,12-13H2,1-4H3. The van der Waals surface area contributed by atoms with Crippen LogP contribution >= 0.6 is 0 Å². The molecular weight excluding hydrogens is 256 g/mol. The number of nitrogens with one attached hydrogen (secondary N) is 1. The van der Waals surface area contributed by atoms with E-state index < -0.39 is 0 Å². The summed E-state index contributed by atoms with van der Waals surface area (Å²) >= 11 is 0. The van der Waals surface area contributed by atoms with E-state index in [1.54, 1.807) is 0 Å². The Labute approximate surface area is 129 Å². The average Bonchev–Trinajstić information content (AvgIpc) is 2.89. The first-order valence-electron chi connectivity index (χ1n) is 8.60. The van der Waals surface area contributed by atoms with Crippen LogP contribution in [0.5, 0.6) is 0 Å². The van der Waals surface area contributed by atoms with Crippen molar-refractivity contribution in [1.29, 1.82) is 0 Å².